The number of nitrogens with one attached hydrogen (secondary N) is 2. The van der Waals surface area contributed by atoms with Crippen LogP contribution in [0.25, 0.3) is 0 Å². The lowest BCUT2D eigenvalue weighted by Crippen LogP contribution is -2.29. The van der Waals surface area contributed by atoms with E-state index in [0.717, 1.165) is 12.5 Å². The SMILES string of the molecule is COc1cc(OC2CCOC2)ccc1Nc1ncc(C(F)(F)F)c(Nc2cc([N+](=O)[O-])c(N(C)CCN(C)C)cc2OC)n1. The first-order valence-electron chi connectivity index (χ1n) is 13.5. The number of ether oxygens (including phenoxy) is 4. The van der Waals surface area contributed by atoms with E-state index >= 15 is 0 Å². The summed E-state index contributed by atoms with van der Waals surface area (Å²) in [5.41, 5.74) is -0.998. The second-order valence-corrected chi connectivity index (χ2v) is 10.2. The first kappa shape index (κ1) is 32.3. The molecule has 238 valence electrons. The lowest BCUT2D eigenvalue weighted by atomic mass is 10.2. The Morgan fingerprint density at radius 2 is 1.80 bits per heavy atom. The van der Waals surface area contributed by atoms with Gasteiger partial charge in [0.25, 0.3) is 5.69 Å². The van der Waals surface area contributed by atoms with Crippen molar-refractivity contribution in [3.05, 3.63) is 52.2 Å². The van der Waals surface area contributed by atoms with Gasteiger partial charge in [-0.2, -0.15) is 18.2 Å². The van der Waals surface area contributed by atoms with Crippen LogP contribution in [-0.2, 0) is 10.9 Å². The molecule has 4 rings (SSSR count). The van der Waals surface area contributed by atoms with Gasteiger partial charge >= 0.3 is 6.18 Å². The van der Waals surface area contributed by atoms with Crippen LogP contribution in [0.5, 0.6) is 17.2 Å². The van der Waals surface area contributed by atoms with Gasteiger partial charge in [0.1, 0.15) is 40.4 Å². The maximum absolute atomic E-state index is 14.0. The van der Waals surface area contributed by atoms with E-state index in [-0.39, 0.29) is 34.9 Å². The number of aromatic nitrogens is 2. The normalized spacial score (nSPS) is 14.8. The highest BCUT2D eigenvalue weighted by atomic mass is 19.4. The summed E-state index contributed by atoms with van der Waals surface area (Å²) in [6, 6.07) is 7.44. The van der Waals surface area contributed by atoms with Gasteiger partial charge in [-0.3, -0.25) is 10.1 Å². The standard InChI is InChI=1S/C28H34F3N7O6/c1-36(2)9-10-37(3)22-14-25(42-5)21(13-23(22)38(39)40)33-26-19(28(29,30)31)15-32-27(35-26)34-20-7-6-17(12-24(20)41-4)44-18-8-11-43-16-18/h6-7,12-15,18H,8-11,16H2,1-5H3,(H2,32,33,34,35). The van der Waals surface area contributed by atoms with Gasteiger partial charge in [0.15, 0.2) is 0 Å². The summed E-state index contributed by atoms with van der Waals surface area (Å²) >= 11 is 0. The molecule has 1 atom stereocenters. The number of benzene rings is 2. The maximum Gasteiger partial charge on any atom is 0.421 e. The van der Waals surface area contributed by atoms with E-state index < -0.39 is 22.5 Å². The van der Waals surface area contributed by atoms with Gasteiger partial charge in [0, 0.05) is 51.0 Å². The Morgan fingerprint density at radius 3 is 2.41 bits per heavy atom. The minimum atomic E-state index is -4.84. The average molecular weight is 622 g/mol. The van der Waals surface area contributed by atoms with Crippen LogP contribution in [0.2, 0.25) is 0 Å². The molecule has 0 spiro atoms. The van der Waals surface area contributed by atoms with Crippen molar-refractivity contribution < 1.29 is 37.0 Å². The number of nitro benzene ring substituents is 1. The molecule has 2 aromatic carbocycles. The molecule has 1 saturated heterocycles. The van der Waals surface area contributed by atoms with Gasteiger partial charge in [-0.15, -0.1) is 0 Å². The fourth-order valence-electron chi connectivity index (χ4n) is 4.39. The Morgan fingerprint density at radius 1 is 1.07 bits per heavy atom. The van der Waals surface area contributed by atoms with Crippen molar-refractivity contribution in [3.8, 4) is 17.2 Å². The third kappa shape index (κ3) is 7.87. The Labute approximate surface area is 252 Å². The predicted molar refractivity (Wildman–Crippen MR) is 158 cm³/mol. The summed E-state index contributed by atoms with van der Waals surface area (Å²) in [7, 11) is 8.16. The second kappa shape index (κ2) is 13.8. The van der Waals surface area contributed by atoms with Crippen molar-refractivity contribution in [3.63, 3.8) is 0 Å². The minimum Gasteiger partial charge on any atom is -0.494 e. The topological polar surface area (TPSA) is 136 Å². The predicted octanol–water partition coefficient (Wildman–Crippen LogP) is 5.07. The van der Waals surface area contributed by atoms with Gasteiger partial charge in [0.05, 0.1) is 43.7 Å². The number of methoxy groups -OCH3 is 2. The van der Waals surface area contributed by atoms with Crippen molar-refractivity contribution >= 4 is 34.5 Å². The van der Waals surface area contributed by atoms with E-state index in [4.69, 9.17) is 18.9 Å². The van der Waals surface area contributed by atoms with Crippen LogP contribution in [-0.4, -0.2) is 87.6 Å². The highest BCUT2D eigenvalue weighted by Crippen LogP contribution is 2.42. The molecule has 2 N–H and O–H groups in total. The molecule has 1 aliphatic heterocycles. The van der Waals surface area contributed by atoms with E-state index in [9.17, 15) is 23.3 Å². The van der Waals surface area contributed by atoms with Crippen LogP contribution in [0.15, 0.2) is 36.5 Å². The molecule has 1 aromatic heterocycles. The molecule has 16 heteroatoms. The molecule has 1 aliphatic rings. The number of likely N-dealkylation sites (N-methyl/N-ethyl adjacent to an activating group) is 2. The van der Waals surface area contributed by atoms with Crippen molar-refractivity contribution in [1.29, 1.82) is 0 Å². The van der Waals surface area contributed by atoms with Gasteiger partial charge in [-0.25, -0.2) is 4.98 Å². The van der Waals surface area contributed by atoms with Crippen LogP contribution in [0.1, 0.15) is 12.0 Å². The molecule has 0 bridgehead atoms. The van der Waals surface area contributed by atoms with Crippen molar-refractivity contribution in [1.82, 2.24) is 14.9 Å². The fourth-order valence-corrected chi connectivity index (χ4v) is 4.39. The molecule has 2 heterocycles. The number of rotatable bonds is 13. The molecule has 44 heavy (non-hydrogen) atoms. The number of nitrogens with zero attached hydrogens (tertiary/aromatic N) is 5. The summed E-state index contributed by atoms with van der Waals surface area (Å²) in [5.74, 6) is 0.115. The molecule has 3 aromatic rings. The second-order valence-electron chi connectivity index (χ2n) is 10.2. The average Bonchev–Trinajstić information content (AvgIpc) is 3.49. The summed E-state index contributed by atoms with van der Waals surface area (Å²) < 4.78 is 64.1. The van der Waals surface area contributed by atoms with Crippen LogP contribution >= 0.6 is 0 Å². The smallest absolute Gasteiger partial charge is 0.421 e. The Hall–Kier alpha value is -4.57. The van der Waals surface area contributed by atoms with E-state index in [2.05, 4.69) is 20.6 Å². The van der Waals surface area contributed by atoms with E-state index in [1.54, 1.807) is 30.1 Å². The quantitative estimate of drug-likeness (QED) is 0.195. The molecule has 0 amide bonds. The first-order valence-corrected chi connectivity index (χ1v) is 13.5. The number of halogens is 3. The molecule has 0 saturated carbocycles. The van der Waals surface area contributed by atoms with Gasteiger partial charge in [-0.05, 0) is 26.2 Å². The molecule has 1 unspecified atom stereocenters. The molecule has 1 fully saturated rings. The Balaban J connectivity index is 1.67. The van der Waals surface area contributed by atoms with Gasteiger partial charge < -0.3 is 39.4 Å². The molecular formula is C28H34F3N7O6. The number of hydrogen-bond donors (Lipinski definition) is 2. The summed E-state index contributed by atoms with van der Waals surface area (Å²) in [4.78, 5) is 22.9. The molecule has 13 nitrogen and oxygen atoms in total. The largest absolute Gasteiger partial charge is 0.494 e. The zero-order valence-corrected chi connectivity index (χ0v) is 24.9. The van der Waals surface area contributed by atoms with Gasteiger partial charge in [-0.1, -0.05) is 0 Å². The first-order chi connectivity index (χ1) is 20.9. The lowest BCUT2D eigenvalue weighted by Gasteiger charge is -2.23. The lowest BCUT2D eigenvalue weighted by molar-refractivity contribution is -0.384. The number of nitro groups is 1. The van der Waals surface area contributed by atoms with Crippen LogP contribution in [0, 0.1) is 10.1 Å². The van der Waals surface area contributed by atoms with E-state index in [1.807, 2.05) is 19.0 Å². The third-order valence-corrected chi connectivity index (χ3v) is 6.74. The van der Waals surface area contributed by atoms with Crippen molar-refractivity contribution in [2.75, 3.05) is 77.2 Å². The Bertz CT molecular complexity index is 1470. The number of anilines is 5. The summed E-state index contributed by atoms with van der Waals surface area (Å²) in [5, 5.41) is 17.4. The van der Waals surface area contributed by atoms with Crippen molar-refractivity contribution in [2.24, 2.45) is 0 Å². The maximum atomic E-state index is 14.0. The highest BCUT2D eigenvalue weighted by molar-refractivity contribution is 5.78. The molecule has 0 radical (unpaired) electrons. The van der Waals surface area contributed by atoms with E-state index in [1.165, 1.54) is 20.3 Å². The number of alkyl halides is 3. The van der Waals surface area contributed by atoms with Gasteiger partial charge in [0.2, 0.25) is 5.95 Å². The molecule has 0 aliphatic carbocycles. The van der Waals surface area contributed by atoms with Crippen LogP contribution in [0.4, 0.5) is 47.7 Å². The van der Waals surface area contributed by atoms with E-state index in [0.29, 0.717) is 49.7 Å². The monoisotopic (exact) mass is 621 g/mol. The number of hydrogen-bond acceptors (Lipinski definition) is 12. The fraction of sp³-hybridized carbons (Fsp3) is 0.429. The molecular weight excluding hydrogens is 587 g/mol. The summed E-state index contributed by atoms with van der Waals surface area (Å²) in [6.07, 6.45) is -3.56. The van der Waals surface area contributed by atoms with Crippen molar-refractivity contribution in [2.45, 2.75) is 18.7 Å². The third-order valence-electron chi connectivity index (χ3n) is 6.74. The zero-order valence-electron chi connectivity index (χ0n) is 24.9. The minimum absolute atomic E-state index is 0.0773. The van der Waals surface area contributed by atoms with Crippen LogP contribution in [0.3, 0.4) is 0 Å². The van der Waals surface area contributed by atoms with Crippen LogP contribution < -0.4 is 29.7 Å². The Kier molecular flexibility index (Phi) is 10.2. The zero-order chi connectivity index (χ0) is 32.0. The summed E-state index contributed by atoms with van der Waals surface area (Å²) in [6.45, 7) is 2.15. The highest BCUT2D eigenvalue weighted by Gasteiger charge is 2.36.